The lowest BCUT2D eigenvalue weighted by atomic mass is 10.0. The van der Waals surface area contributed by atoms with Gasteiger partial charge in [0.05, 0.1) is 15.7 Å². The number of urea groups is 1. The van der Waals surface area contributed by atoms with Crippen LogP contribution in [0, 0.1) is 6.92 Å². The van der Waals surface area contributed by atoms with E-state index in [9.17, 15) is 19.5 Å². The largest absolute Gasteiger partial charge is 0.550 e. The van der Waals surface area contributed by atoms with Crippen LogP contribution in [-0.2, 0) is 11.3 Å². The summed E-state index contributed by atoms with van der Waals surface area (Å²) in [5, 5.41) is 18.1. The van der Waals surface area contributed by atoms with Crippen LogP contribution in [0.25, 0.3) is 0 Å². The zero-order valence-electron chi connectivity index (χ0n) is 16.1. The molecular formula is C21H20ClN3O4S. The van der Waals surface area contributed by atoms with E-state index in [-0.39, 0.29) is 11.2 Å². The third-order valence-electron chi connectivity index (χ3n) is 4.48. The first-order chi connectivity index (χ1) is 14.3. The van der Waals surface area contributed by atoms with Gasteiger partial charge in [0.25, 0.3) is 5.56 Å². The molecule has 2 N–H and O–H groups in total. The molecule has 0 aliphatic rings. The lowest BCUT2D eigenvalue weighted by Crippen LogP contribution is -2.38. The van der Waals surface area contributed by atoms with Crippen molar-refractivity contribution in [3.05, 3.63) is 86.5 Å². The Morgan fingerprint density at radius 3 is 2.53 bits per heavy atom. The monoisotopic (exact) mass is 445 g/mol. The molecule has 2 atom stereocenters. The van der Waals surface area contributed by atoms with Gasteiger partial charge in [-0.05, 0) is 30.7 Å². The van der Waals surface area contributed by atoms with Crippen LogP contribution in [0.4, 0.5) is 10.5 Å². The quantitative estimate of drug-likeness (QED) is 0.545. The molecule has 2 amide bonds. The summed E-state index contributed by atoms with van der Waals surface area (Å²) in [6, 6.07) is 12.5. The van der Waals surface area contributed by atoms with Crippen molar-refractivity contribution >= 4 is 38.1 Å². The molecule has 2 heterocycles. The van der Waals surface area contributed by atoms with Crippen molar-refractivity contribution in [2.45, 2.75) is 25.9 Å². The summed E-state index contributed by atoms with van der Waals surface area (Å²) in [4.78, 5) is 37.2. The summed E-state index contributed by atoms with van der Waals surface area (Å²) >= 11 is 0. The van der Waals surface area contributed by atoms with E-state index in [4.69, 9.17) is 10.7 Å². The van der Waals surface area contributed by atoms with Gasteiger partial charge in [0.15, 0.2) is 10.3 Å². The molecule has 3 rings (SSSR count). The van der Waals surface area contributed by atoms with E-state index in [0.717, 1.165) is 10.4 Å². The molecule has 2 aromatic heterocycles. The number of hydrogen-bond donors (Lipinski definition) is 2. The van der Waals surface area contributed by atoms with Gasteiger partial charge in [-0.1, -0.05) is 29.8 Å². The molecule has 30 heavy (non-hydrogen) atoms. The van der Waals surface area contributed by atoms with Crippen LogP contribution in [0.2, 0.25) is 0 Å². The summed E-state index contributed by atoms with van der Waals surface area (Å²) in [5.41, 5.74) is 1.32. The smallest absolute Gasteiger partial charge is 0.319 e. The van der Waals surface area contributed by atoms with E-state index < -0.39 is 34.1 Å². The van der Waals surface area contributed by atoms with E-state index in [1.165, 1.54) is 10.6 Å². The van der Waals surface area contributed by atoms with E-state index in [1.807, 2.05) is 36.6 Å². The second-order valence-corrected chi connectivity index (χ2v) is 9.10. The number of carbonyl (C=O) groups excluding carboxylic acids is 2. The third-order valence-corrected chi connectivity index (χ3v) is 6.55. The van der Waals surface area contributed by atoms with Crippen LogP contribution >= 0.6 is 20.4 Å². The fourth-order valence-corrected chi connectivity index (χ4v) is 4.28. The molecule has 0 aliphatic heterocycles. The molecule has 0 saturated heterocycles. The van der Waals surface area contributed by atoms with E-state index in [2.05, 4.69) is 10.6 Å². The second-order valence-electron chi connectivity index (χ2n) is 6.74. The molecule has 1 unspecified atom stereocenters. The Morgan fingerprint density at radius 1 is 1.17 bits per heavy atom. The molecule has 0 fully saturated rings. The van der Waals surface area contributed by atoms with Crippen molar-refractivity contribution in [2.24, 2.45) is 0 Å². The topological polar surface area (TPSA) is 103 Å². The Balaban J connectivity index is 1.75. The zero-order chi connectivity index (χ0) is 21.7. The number of carboxylic acid groups (broad SMARTS) is 1. The minimum atomic E-state index is -1.29. The van der Waals surface area contributed by atoms with Gasteiger partial charge >= 0.3 is 6.03 Å². The number of thiophene rings is 1. The van der Waals surface area contributed by atoms with E-state index in [0.29, 0.717) is 12.1 Å². The van der Waals surface area contributed by atoms with Gasteiger partial charge in [-0.15, -0.1) is 0 Å². The van der Waals surface area contributed by atoms with Crippen molar-refractivity contribution in [1.29, 1.82) is 0 Å². The lowest BCUT2D eigenvalue weighted by molar-refractivity contribution is -0.306. The first-order valence-electron chi connectivity index (χ1n) is 9.13. The number of hydrogen-bond acceptors (Lipinski definition) is 4. The van der Waals surface area contributed by atoms with Crippen molar-refractivity contribution in [1.82, 2.24) is 9.88 Å². The fourth-order valence-electron chi connectivity index (χ4n) is 2.94. The van der Waals surface area contributed by atoms with Crippen molar-refractivity contribution < 1.29 is 14.7 Å². The Labute approximate surface area is 180 Å². The Hall–Kier alpha value is -3.10. The van der Waals surface area contributed by atoms with Gasteiger partial charge in [0.2, 0.25) is 10.7 Å². The number of pyridine rings is 1. The number of aryl methyl sites for hydroxylation is 1. The van der Waals surface area contributed by atoms with E-state index >= 15 is 0 Å². The van der Waals surface area contributed by atoms with Crippen molar-refractivity contribution in [3.8, 4) is 0 Å². The molecule has 1 aromatic carbocycles. The minimum Gasteiger partial charge on any atom is -0.550 e. The number of carboxylic acids is 1. The first-order valence-corrected chi connectivity index (χ1v) is 11.2. The highest BCUT2D eigenvalue weighted by atomic mass is 35.7. The normalized spacial score (nSPS) is 12.3. The molecule has 9 heteroatoms. The van der Waals surface area contributed by atoms with Gasteiger partial charge in [0, 0.05) is 24.7 Å². The van der Waals surface area contributed by atoms with Crippen molar-refractivity contribution in [3.63, 3.8) is 0 Å². The highest BCUT2D eigenvalue weighted by Crippen LogP contribution is 2.29. The first kappa shape index (κ1) is 21.6. The molecule has 0 radical (unpaired) electrons. The molecule has 7 nitrogen and oxygen atoms in total. The highest BCUT2D eigenvalue weighted by molar-refractivity contribution is 7.61. The lowest BCUT2D eigenvalue weighted by Gasteiger charge is -2.20. The van der Waals surface area contributed by atoms with Crippen LogP contribution in [-0.4, -0.2) is 16.6 Å². The Morgan fingerprint density at radius 2 is 1.90 bits per heavy atom. The summed E-state index contributed by atoms with van der Waals surface area (Å²) < 4.78 is 1.45. The number of aliphatic carboxylic acids is 1. The highest BCUT2D eigenvalue weighted by Gasteiger charge is 2.17. The maximum absolute atomic E-state index is 12.7. The van der Waals surface area contributed by atoms with Gasteiger partial charge < -0.3 is 25.1 Å². The number of halogens is 1. The SMILES string of the molecule is Cc1ccc([C@H](CC(=O)[O-])NC(=O)Nc2cccn(Cc3ccc[s+]3Cl)c2=O)cc1. The Kier molecular flexibility index (Phi) is 6.91. The maximum Gasteiger partial charge on any atom is 0.319 e. The van der Waals surface area contributed by atoms with Gasteiger partial charge in [-0.2, -0.15) is 0 Å². The molecule has 3 aromatic rings. The standard InChI is InChI=1S/C21H20ClN3O4S/c1-14-6-8-15(9-7-14)18(12-19(26)27)24-21(29)23-17-5-2-10-25(20(17)28)13-16-4-3-11-30(16)22/h2-11,18H,12-13H2,1H3,(H2-,23,24,26,27,29)/t18-,30?/m0/s1. The third kappa shape index (κ3) is 5.49. The molecular weight excluding hydrogens is 426 g/mol. The predicted octanol–water partition coefficient (Wildman–Crippen LogP) is 2.96. The summed E-state index contributed by atoms with van der Waals surface area (Å²) in [6.45, 7) is 2.22. The van der Waals surface area contributed by atoms with Crippen LogP contribution < -0.4 is 21.3 Å². The van der Waals surface area contributed by atoms with Crippen LogP contribution in [0.5, 0.6) is 0 Å². The van der Waals surface area contributed by atoms with Gasteiger partial charge in [-0.25, -0.2) is 4.79 Å². The fraction of sp³-hybridized carbons (Fsp3) is 0.190. The average Bonchev–Trinajstić information content (AvgIpc) is 3.09. The number of amides is 2. The number of rotatable bonds is 7. The number of nitrogens with zero attached hydrogens (tertiary/aromatic N) is 1. The van der Waals surface area contributed by atoms with Crippen molar-refractivity contribution in [2.75, 3.05) is 5.32 Å². The summed E-state index contributed by atoms with van der Waals surface area (Å²) in [5.74, 6) is -1.29. The zero-order valence-corrected chi connectivity index (χ0v) is 17.7. The minimum absolute atomic E-state index is 0.0760. The van der Waals surface area contributed by atoms with Crippen LogP contribution in [0.15, 0.2) is 64.9 Å². The van der Waals surface area contributed by atoms with Crippen LogP contribution in [0.3, 0.4) is 0 Å². The van der Waals surface area contributed by atoms with Crippen LogP contribution in [0.1, 0.15) is 28.5 Å². The average molecular weight is 446 g/mol. The number of nitrogens with one attached hydrogen (secondary N) is 2. The number of benzene rings is 1. The van der Waals surface area contributed by atoms with Gasteiger partial charge in [-0.3, -0.25) is 4.79 Å². The predicted molar refractivity (Wildman–Crippen MR) is 116 cm³/mol. The maximum atomic E-state index is 12.7. The van der Waals surface area contributed by atoms with E-state index in [1.54, 1.807) is 24.4 Å². The molecule has 0 saturated carbocycles. The summed E-state index contributed by atoms with van der Waals surface area (Å²) in [7, 11) is 5.65. The number of carbonyl (C=O) groups is 2. The van der Waals surface area contributed by atoms with Gasteiger partial charge in [0.1, 0.15) is 12.2 Å². The molecule has 0 spiro atoms. The second kappa shape index (κ2) is 9.60. The summed E-state index contributed by atoms with van der Waals surface area (Å²) in [6.07, 6.45) is 1.22. The Bertz CT molecular complexity index is 1110. The molecule has 0 bridgehead atoms. The molecule has 0 aliphatic carbocycles. The molecule has 156 valence electrons. The number of anilines is 1. The number of aromatic nitrogens is 1.